The smallest absolute Gasteiger partial charge is 0.206 e. The van der Waals surface area contributed by atoms with Crippen molar-refractivity contribution in [2.45, 2.75) is 9.79 Å². The van der Waals surface area contributed by atoms with Crippen LogP contribution in [-0.4, -0.2) is 8.42 Å². The monoisotopic (exact) mass is 356 g/mol. The number of sulfone groups is 1. The van der Waals surface area contributed by atoms with Gasteiger partial charge in [-0.15, -0.1) is 0 Å². The predicted molar refractivity (Wildman–Crippen MR) is 93.6 cm³/mol. The van der Waals surface area contributed by atoms with Crippen molar-refractivity contribution in [3.63, 3.8) is 0 Å². The SMILES string of the molecule is O=S(=O)(c1ccc(F)cc1)c1ccc(/C=C/c2ccccc2F)cc1. The van der Waals surface area contributed by atoms with Gasteiger partial charge in [-0.05, 0) is 48.0 Å². The Morgan fingerprint density at radius 1 is 0.680 bits per heavy atom. The van der Waals surface area contributed by atoms with Crippen LogP contribution in [0.3, 0.4) is 0 Å². The van der Waals surface area contributed by atoms with E-state index in [2.05, 4.69) is 0 Å². The molecule has 0 fully saturated rings. The lowest BCUT2D eigenvalue weighted by Crippen LogP contribution is -2.01. The summed E-state index contributed by atoms with van der Waals surface area (Å²) in [5.41, 5.74) is 1.19. The third-order valence-electron chi connectivity index (χ3n) is 3.67. The number of rotatable bonds is 4. The fourth-order valence-corrected chi connectivity index (χ4v) is 3.57. The summed E-state index contributed by atoms with van der Waals surface area (Å²) in [4.78, 5) is 0.144. The van der Waals surface area contributed by atoms with Crippen LogP contribution in [0, 0.1) is 11.6 Å². The maximum absolute atomic E-state index is 13.6. The van der Waals surface area contributed by atoms with E-state index in [4.69, 9.17) is 0 Å². The van der Waals surface area contributed by atoms with Crippen LogP contribution in [0.15, 0.2) is 82.6 Å². The molecule has 0 N–H and O–H groups in total. The zero-order valence-corrected chi connectivity index (χ0v) is 13.9. The maximum atomic E-state index is 13.6. The van der Waals surface area contributed by atoms with E-state index in [9.17, 15) is 17.2 Å². The molecular weight excluding hydrogens is 342 g/mol. The number of benzene rings is 3. The van der Waals surface area contributed by atoms with Crippen molar-refractivity contribution in [1.82, 2.24) is 0 Å². The molecule has 0 atom stereocenters. The lowest BCUT2D eigenvalue weighted by atomic mass is 10.1. The van der Waals surface area contributed by atoms with E-state index >= 15 is 0 Å². The van der Waals surface area contributed by atoms with E-state index < -0.39 is 15.7 Å². The molecule has 0 aliphatic carbocycles. The van der Waals surface area contributed by atoms with Gasteiger partial charge >= 0.3 is 0 Å². The molecule has 5 heteroatoms. The molecule has 0 radical (unpaired) electrons. The summed E-state index contributed by atoms with van der Waals surface area (Å²) in [5, 5.41) is 0. The van der Waals surface area contributed by atoms with Gasteiger partial charge in [0.15, 0.2) is 0 Å². The van der Waals surface area contributed by atoms with Crippen molar-refractivity contribution in [3.05, 3.63) is 95.6 Å². The highest BCUT2D eigenvalue weighted by atomic mass is 32.2. The first kappa shape index (κ1) is 17.0. The fraction of sp³-hybridized carbons (Fsp3) is 0. The second kappa shape index (κ2) is 6.99. The number of hydrogen-bond acceptors (Lipinski definition) is 2. The van der Waals surface area contributed by atoms with Crippen molar-refractivity contribution in [3.8, 4) is 0 Å². The van der Waals surface area contributed by atoms with Crippen LogP contribution < -0.4 is 0 Å². The third-order valence-corrected chi connectivity index (χ3v) is 5.46. The van der Waals surface area contributed by atoms with Crippen LogP contribution >= 0.6 is 0 Å². The Hall–Kier alpha value is -2.79. The molecule has 25 heavy (non-hydrogen) atoms. The summed E-state index contributed by atoms with van der Waals surface area (Å²) >= 11 is 0. The Morgan fingerprint density at radius 3 is 1.84 bits per heavy atom. The van der Waals surface area contributed by atoms with E-state index in [1.165, 1.54) is 30.3 Å². The summed E-state index contributed by atoms with van der Waals surface area (Å²) in [6.45, 7) is 0. The van der Waals surface area contributed by atoms with Gasteiger partial charge in [-0.1, -0.05) is 42.5 Å². The van der Waals surface area contributed by atoms with E-state index in [1.807, 2.05) is 0 Å². The minimum absolute atomic E-state index is 0.0311. The Bertz CT molecular complexity index is 1010. The van der Waals surface area contributed by atoms with Gasteiger partial charge in [0.25, 0.3) is 0 Å². The van der Waals surface area contributed by atoms with Crippen LogP contribution in [0.2, 0.25) is 0 Å². The average Bonchev–Trinajstić information content (AvgIpc) is 2.62. The summed E-state index contributed by atoms with van der Waals surface area (Å²) in [6, 6.07) is 17.3. The van der Waals surface area contributed by atoms with Gasteiger partial charge in [0, 0.05) is 5.56 Å². The standard InChI is InChI=1S/C20H14F2O2S/c21-17-9-13-19(14-10-17)25(23,24)18-11-6-15(7-12-18)5-8-16-3-1-2-4-20(16)22/h1-14H/b8-5+. The minimum atomic E-state index is -3.70. The van der Waals surface area contributed by atoms with Gasteiger partial charge in [0.05, 0.1) is 9.79 Å². The highest BCUT2D eigenvalue weighted by Gasteiger charge is 2.17. The molecule has 3 aromatic rings. The quantitative estimate of drug-likeness (QED) is 0.489. The highest BCUT2D eigenvalue weighted by molar-refractivity contribution is 7.91. The number of hydrogen-bond donors (Lipinski definition) is 0. The first-order valence-corrected chi connectivity index (χ1v) is 8.98. The zero-order valence-electron chi connectivity index (χ0n) is 13.1. The largest absolute Gasteiger partial charge is 0.219 e. The molecule has 0 spiro atoms. The van der Waals surface area contributed by atoms with Crippen molar-refractivity contribution in [1.29, 1.82) is 0 Å². The van der Waals surface area contributed by atoms with Crippen molar-refractivity contribution in [2.24, 2.45) is 0 Å². The molecule has 0 amide bonds. The highest BCUT2D eigenvalue weighted by Crippen LogP contribution is 2.22. The molecule has 3 rings (SSSR count). The number of halogens is 2. The lowest BCUT2D eigenvalue weighted by Gasteiger charge is -2.05. The zero-order chi connectivity index (χ0) is 17.9. The molecule has 0 aliphatic rings. The maximum Gasteiger partial charge on any atom is 0.206 e. The van der Waals surface area contributed by atoms with Crippen molar-refractivity contribution >= 4 is 22.0 Å². The molecule has 126 valence electrons. The van der Waals surface area contributed by atoms with Gasteiger partial charge in [-0.3, -0.25) is 0 Å². The van der Waals surface area contributed by atoms with Gasteiger partial charge < -0.3 is 0 Å². The van der Waals surface area contributed by atoms with E-state index in [-0.39, 0.29) is 15.6 Å². The average molecular weight is 356 g/mol. The molecule has 0 saturated heterocycles. The Balaban J connectivity index is 1.85. The predicted octanol–water partition coefficient (Wildman–Crippen LogP) is 4.97. The first-order chi connectivity index (χ1) is 12.0. The summed E-state index contributed by atoms with van der Waals surface area (Å²) < 4.78 is 51.5. The molecular formula is C20H14F2O2S. The van der Waals surface area contributed by atoms with Crippen molar-refractivity contribution < 1.29 is 17.2 Å². The summed E-state index contributed by atoms with van der Waals surface area (Å²) in [7, 11) is -3.70. The minimum Gasteiger partial charge on any atom is -0.219 e. The second-order valence-corrected chi connectivity index (χ2v) is 7.33. The van der Waals surface area contributed by atoms with Crippen LogP contribution in [0.4, 0.5) is 8.78 Å². The second-order valence-electron chi connectivity index (χ2n) is 5.38. The van der Waals surface area contributed by atoms with E-state index in [0.717, 1.165) is 17.7 Å². The first-order valence-electron chi connectivity index (χ1n) is 7.50. The fourth-order valence-electron chi connectivity index (χ4n) is 2.30. The Labute approximate surface area is 145 Å². The molecule has 0 saturated carbocycles. The van der Waals surface area contributed by atoms with Gasteiger partial charge in [0.1, 0.15) is 11.6 Å². The van der Waals surface area contributed by atoms with Gasteiger partial charge in [0.2, 0.25) is 9.84 Å². The molecule has 2 nitrogen and oxygen atoms in total. The molecule has 0 bridgehead atoms. The third kappa shape index (κ3) is 3.83. The lowest BCUT2D eigenvalue weighted by molar-refractivity contribution is 0.594. The van der Waals surface area contributed by atoms with Gasteiger partial charge in [-0.2, -0.15) is 0 Å². The Kier molecular flexibility index (Phi) is 4.76. The Morgan fingerprint density at radius 2 is 1.24 bits per heavy atom. The van der Waals surface area contributed by atoms with Gasteiger partial charge in [-0.25, -0.2) is 17.2 Å². The molecule has 3 aromatic carbocycles. The summed E-state index contributed by atoms with van der Waals surface area (Å²) in [5.74, 6) is -0.818. The van der Waals surface area contributed by atoms with E-state index in [1.54, 1.807) is 42.5 Å². The van der Waals surface area contributed by atoms with Crippen LogP contribution in [0.5, 0.6) is 0 Å². The van der Waals surface area contributed by atoms with E-state index in [0.29, 0.717) is 5.56 Å². The topological polar surface area (TPSA) is 34.1 Å². The molecule has 0 heterocycles. The molecule has 0 unspecified atom stereocenters. The normalized spacial score (nSPS) is 11.8. The van der Waals surface area contributed by atoms with Crippen LogP contribution in [-0.2, 0) is 9.84 Å². The molecule has 0 aromatic heterocycles. The van der Waals surface area contributed by atoms with Crippen LogP contribution in [0.1, 0.15) is 11.1 Å². The van der Waals surface area contributed by atoms with Crippen molar-refractivity contribution in [2.75, 3.05) is 0 Å². The van der Waals surface area contributed by atoms with Crippen LogP contribution in [0.25, 0.3) is 12.2 Å². The summed E-state index contributed by atoms with van der Waals surface area (Å²) in [6.07, 6.45) is 3.32. The molecule has 0 aliphatic heterocycles.